The lowest BCUT2D eigenvalue weighted by atomic mass is 9.97. The highest BCUT2D eigenvalue weighted by Crippen LogP contribution is 2.39. The van der Waals surface area contributed by atoms with Crippen molar-refractivity contribution in [2.45, 2.75) is 18.5 Å². The molecule has 2 atom stereocenters. The predicted molar refractivity (Wildman–Crippen MR) is 130 cm³/mol. The number of amides is 3. The van der Waals surface area contributed by atoms with Crippen molar-refractivity contribution in [3.8, 4) is 0 Å². The molecule has 3 aliphatic rings. The number of nitrogens with zero attached hydrogens (tertiary/aromatic N) is 4. The van der Waals surface area contributed by atoms with E-state index in [1.165, 1.54) is 16.2 Å². The number of aromatic nitrogens is 3. The smallest absolute Gasteiger partial charge is 0.407 e. The molecule has 174 valence electrons. The number of piperazine rings is 1. The van der Waals surface area contributed by atoms with Gasteiger partial charge in [0.1, 0.15) is 4.83 Å². The zero-order valence-corrected chi connectivity index (χ0v) is 19.0. The second kappa shape index (κ2) is 7.12. The molecule has 2 bridgehead atoms. The third-order valence-corrected chi connectivity index (χ3v) is 7.92. The Bertz CT molecular complexity index is 1620. The summed E-state index contributed by atoms with van der Waals surface area (Å²) < 4.78 is 0. The van der Waals surface area contributed by atoms with Crippen LogP contribution in [0.2, 0.25) is 0 Å². The monoisotopic (exact) mass is 486 g/mol. The van der Waals surface area contributed by atoms with Gasteiger partial charge in [0.05, 0.1) is 34.4 Å². The van der Waals surface area contributed by atoms with Crippen LogP contribution in [0.5, 0.6) is 0 Å². The summed E-state index contributed by atoms with van der Waals surface area (Å²) in [6, 6.07) is 9.17. The van der Waals surface area contributed by atoms with E-state index in [0.29, 0.717) is 47.6 Å². The molecule has 3 aliphatic heterocycles. The molecule has 6 heterocycles. The predicted octanol–water partition coefficient (Wildman–Crippen LogP) is 2.68. The van der Waals surface area contributed by atoms with Gasteiger partial charge in [-0.25, -0.2) is 14.8 Å². The van der Waals surface area contributed by atoms with E-state index in [0.717, 1.165) is 10.2 Å². The first kappa shape index (κ1) is 20.2. The number of para-hydroxylation sites is 1. The Morgan fingerprint density at radius 2 is 1.86 bits per heavy atom. The summed E-state index contributed by atoms with van der Waals surface area (Å²) in [7, 11) is 0. The third kappa shape index (κ3) is 2.84. The highest BCUT2D eigenvalue weighted by molar-refractivity contribution is 7.16. The fourth-order valence-corrected chi connectivity index (χ4v) is 6.30. The molecule has 0 radical (unpaired) electrons. The molecule has 2 unspecified atom stereocenters. The molecule has 2 saturated heterocycles. The van der Waals surface area contributed by atoms with Gasteiger partial charge in [-0.3, -0.25) is 14.9 Å². The van der Waals surface area contributed by atoms with E-state index < -0.39 is 17.9 Å². The fraction of sp³-hybridized carbons (Fsp3) is 0.208. The molecule has 0 spiro atoms. The van der Waals surface area contributed by atoms with Crippen molar-refractivity contribution in [3.63, 3.8) is 0 Å². The lowest BCUT2D eigenvalue weighted by Crippen LogP contribution is -2.48. The largest absolute Gasteiger partial charge is 0.465 e. The lowest BCUT2D eigenvalue weighted by Gasteiger charge is -2.32. The van der Waals surface area contributed by atoms with Gasteiger partial charge < -0.3 is 19.9 Å². The first-order valence-electron chi connectivity index (χ1n) is 11.2. The van der Waals surface area contributed by atoms with Crippen LogP contribution >= 0.6 is 11.3 Å². The summed E-state index contributed by atoms with van der Waals surface area (Å²) in [6.07, 6.45) is 1.54. The minimum Gasteiger partial charge on any atom is -0.465 e. The molecule has 0 saturated carbocycles. The summed E-state index contributed by atoms with van der Waals surface area (Å²) in [5, 5.41) is 15.4. The molecule has 3 aromatic heterocycles. The number of carbonyl (C=O) groups excluding carboxylic acids is 2. The fourth-order valence-electron chi connectivity index (χ4n) is 5.52. The van der Waals surface area contributed by atoms with Crippen LogP contribution in [0.4, 0.5) is 10.7 Å². The minimum absolute atomic E-state index is 0.0345. The van der Waals surface area contributed by atoms with E-state index >= 15 is 0 Å². The van der Waals surface area contributed by atoms with E-state index in [1.807, 2.05) is 40.6 Å². The molecule has 3 N–H and O–H groups in total. The van der Waals surface area contributed by atoms with Crippen molar-refractivity contribution in [2.75, 3.05) is 18.0 Å². The van der Waals surface area contributed by atoms with E-state index in [1.54, 1.807) is 6.20 Å². The standard InChI is InChI=1S/C24H18N6O4S/c31-20-17(15-8-25-22-13(15)5-6-35-22)18(21(32)28-20)19-14-3-1-2-4-16(14)26-23(27-19)29-9-12-7-11(29)10-30(12)24(33)34/h1-6,8,11-12,25H,7,9-10H2,(H,33,34)(H,28,31,32). The number of benzene rings is 1. The topological polar surface area (TPSA) is 132 Å². The number of thiophene rings is 1. The molecule has 7 rings (SSSR count). The third-order valence-electron chi connectivity index (χ3n) is 7.07. The Morgan fingerprint density at radius 1 is 1.03 bits per heavy atom. The van der Waals surface area contributed by atoms with Crippen molar-refractivity contribution < 1.29 is 19.5 Å². The summed E-state index contributed by atoms with van der Waals surface area (Å²) in [6.45, 7) is 0.872. The molecule has 0 aliphatic carbocycles. The highest BCUT2D eigenvalue weighted by atomic mass is 32.1. The Hall–Kier alpha value is -4.25. The molecule has 4 aromatic rings. The van der Waals surface area contributed by atoms with E-state index in [-0.39, 0.29) is 23.2 Å². The van der Waals surface area contributed by atoms with Crippen LogP contribution in [-0.4, -0.2) is 68.0 Å². The van der Waals surface area contributed by atoms with Crippen molar-refractivity contribution >= 4 is 67.5 Å². The van der Waals surface area contributed by atoms with E-state index in [4.69, 9.17) is 9.97 Å². The maximum absolute atomic E-state index is 13.1. The Kier molecular flexibility index (Phi) is 4.10. The van der Waals surface area contributed by atoms with Crippen LogP contribution in [0.1, 0.15) is 17.7 Å². The second-order valence-electron chi connectivity index (χ2n) is 8.92. The molecule has 35 heavy (non-hydrogen) atoms. The number of fused-ring (bicyclic) bond motifs is 4. The number of nitrogens with one attached hydrogen (secondary N) is 2. The van der Waals surface area contributed by atoms with Crippen molar-refractivity contribution in [1.82, 2.24) is 25.2 Å². The maximum Gasteiger partial charge on any atom is 0.407 e. The summed E-state index contributed by atoms with van der Waals surface area (Å²) >= 11 is 1.52. The zero-order chi connectivity index (χ0) is 23.8. The number of carbonyl (C=O) groups is 3. The maximum atomic E-state index is 13.1. The van der Waals surface area contributed by atoms with E-state index in [9.17, 15) is 19.5 Å². The van der Waals surface area contributed by atoms with Gasteiger partial charge in [0, 0.05) is 35.6 Å². The number of imide groups is 1. The van der Waals surface area contributed by atoms with Crippen LogP contribution in [0.25, 0.3) is 32.3 Å². The van der Waals surface area contributed by atoms with Crippen molar-refractivity contribution in [3.05, 3.63) is 53.2 Å². The molecule has 3 amide bonds. The van der Waals surface area contributed by atoms with Crippen LogP contribution in [0.15, 0.2) is 41.9 Å². The van der Waals surface area contributed by atoms with Gasteiger partial charge in [-0.1, -0.05) is 18.2 Å². The number of anilines is 1. The van der Waals surface area contributed by atoms with Gasteiger partial charge in [-0.15, -0.1) is 11.3 Å². The van der Waals surface area contributed by atoms with Crippen LogP contribution < -0.4 is 10.2 Å². The first-order valence-corrected chi connectivity index (χ1v) is 12.1. The van der Waals surface area contributed by atoms with Crippen LogP contribution in [0, 0.1) is 0 Å². The molecular formula is C24H18N6O4S. The Labute approximate surface area is 201 Å². The Morgan fingerprint density at radius 3 is 2.66 bits per heavy atom. The van der Waals surface area contributed by atoms with Gasteiger partial charge in [-0.2, -0.15) is 0 Å². The minimum atomic E-state index is -0.917. The van der Waals surface area contributed by atoms with E-state index in [2.05, 4.69) is 10.3 Å². The molecule has 10 nitrogen and oxygen atoms in total. The van der Waals surface area contributed by atoms with Gasteiger partial charge in [-0.05, 0) is 23.9 Å². The SMILES string of the molecule is O=C1NC(=O)C(c2c[nH]c3sccc23)=C1c1nc(N2CC3CC2CN3C(=O)O)nc2ccccc12. The summed E-state index contributed by atoms with van der Waals surface area (Å²) in [5.74, 6) is -0.520. The van der Waals surface area contributed by atoms with Crippen molar-refractivity contribution in [1.29, 1.82) is 0 Å². The quantitative estimate of drug-likeness (QED) is 0.380. The second-order valence-corrected chi connectivity index (χ2v) is 9.84. The average molecular weight is 487 g/mol. The molecule has 11 heteroatoms. The average Bonchev–Trinajstić information content (AvgIpc) is 3.65. The number of rotatable bonds is 3. The van der Waals surface area contributed by atoms with Gasteiger partial charge in [0.2, 0.25) is 5.95 Å². The zero-order valence-electron chi connectivity index (χ0n) is 18.2. The van der Waals surface area contributed by atoms with Gasteiger partial charge >= 0.3 is 6.09 Å². The number of H-pyrrole nitrogens is 1. The number of carboxylic acid groups (broad SMARTS) is 1. The van der Waals surface area contributed by atoms with Gasteiger partial charge in [0.15, 0.2) is 0 Å². The molecule has 1 aromatic carbocycles. The lowest BCUT2D eigenvalue weighted by molar-refractivity contribution is -0.122. The first-order chi connectivity index (χ1) is 17.0. The number of likely N-dealkylation sites (tertiary alicyclic amines) is 1. The summed E-state index contributed by atoms with van der Waals surface area (Å²) in [4.78, 5) is 54.8. The number of hydrogen-bond acceptors (Lipinski definition) is 7. The molecule has 2 fully saturated rings. The highest BCUT2D eigenvalue weighted by Gasteiger charge is 2.47. The Balaban J connectivity index is 1.42. The van der Waals surface area contributed by atoms with Crippen molar-refractivity contribution in [2.24, 2.45) is 0 Å². The normalized spacial score (nSPS) is 21.7. The van der Waals surface area contributed by atoms with Gasteiger partial charge in [0.25, 0.3) is 11.8 Å². The number of hydrogen-bond donors (Lipinski definition) is 3. The number of aromatic amines is 1. The van der Waals surface area contributed by atoms with Crippen LogP contribution in [0.3, 0.4) is 0 Å². The van der Waals surface area contributed by atoms with Crippen LogP contribution in [-0.2, 0) is 9.59 Å². The molecular weight excluding hydrogens is 468 g/mol. The summed E-state index contributed by atoms with van der Waals surface area (Å²) in [5.41, 5.74) is 2.21.